The molecule has 0 saturated heterocycles. The standard InChI is InChI=1S/C31H44O4Si/c1-8-10-17-25(32)22-28(30(33)34-9-2)29(24(3)4)23-35-36(31(5,6)7,26-18-13-11-14-19-26)27-20-15-12-16-21-27/h8,11-16,18-21,24,28-29H,1,9-10,17,22-23H2,2-7H3/t28-,29+/m0/s1. The monoisotopic (exact) mass is 508 g/mol. The molecule has 0 bridgehead atoms. The van der Waals surface area contributed by atoms with Crippen molar-refractivity contribution in [1.29, 1.82) is 0 Å². The van der Waals surface area contributed by atoms with Crippen molar-refractivity contribution in [2.45, 2.75) is 65.8 Å². The number of carbonyl (C=O) groups excluding carboxylic acids is 2. The van der Waals surface area contributed by atoms with Gasteiger partial charge in [0.1, 0.15) is 5.78 Å². The van der Waals surface area contributed by atoms with E-state index in [-0.39, 0.29) is 41.7 Å². The second kappa shape index (κ2) is 13.7. The van der Waals surface area contributed by atoms with Gasteiger partial charge in [-0.05, 0) is 40.6 Å². The van der Waals surface area contributed by atoms with Crippen molar-refractivity contribution >= 4 is 30.4 Å². The maximum atomic E-state index is 13.1. The summed E-state index contributed by atoms with van der Waals surface area (Å²) in [5, 5.41) is 2.22. The Morgan fingerprint density at radius 3 is 1.92 bits per heavy atom. The first-order valence-corrected chi connectivity index (χ1v) is 15.0. The van der Waals surface area contributed by atoms with E-state index in [0.717, 1.165) is 0 Å². The number of carbonyl (C=O) groups is 2. The molecule has 2 rings (SSSR count). The lowest BCUT2D eigenvalue weighted by Gasteiger charge is -2.44. The highest BCUT2D eigenvalue weighted by atomic mass is 28.4. The summed E-state index contributed by atoms with van der Waals surface area (Å²) < 4.78 is 12.6. The quantitative estimate of drug-likeness (QED) is 0.180. The molecule has 0 unspecified atom stereocenters. The number of hydrogen-bond donors (Lipinski definition) is 0. The van der Waals surface area contributed by atoms with Crippen molar-refractivity contribution in [3.05, 3.63) is 73.3 Å². The van der Waals surface area contributed by atoms with E-state index in [0.29, 0.717) is 19.4 Å². The number of Topliss-reactive ketones (excluding diaryl/α,β-unsaturated/α-hetero) is 1. The molecule has 0 spiro atoms. The van der Waals surface area contributed by atoms with Gasteiger partial charge in [-0.3, -0.25) is 9.59 Å². The van der Waals surface area contributed by atoms with Crippen LogP contribution in [0.1, 0.15) is 60.8 Å². The molecule has 0 saturated carbocycles. The lowest BCUT2D eigenvalue weighted by atomic mass is 9.80. The Labute approximate surface area is 219 Å². The smallest absolute Gasteiger partial charge is 0.309 e. The van der Waals surface area contributed by atoms with Gasteiger partial charge in [-0.15, -0.1) is 6.58 Å². The molecule has 2 aromatic rings. The Hall–Kier alpha value is -2.50. The predicted molar refractivity (Wildman–Crippen MR) is 151 cm³/mol. The van der Waals surface area contributed by atoms with Gasteiger partial charge in [0.05, 0.1) is 12.5 Å². The van der Waals surface area contributed by atoms with Gasteiger partial charge in [0.2, 0.25) is 0 Å². The van der Waals surface area contributed by atoms with Crippen LogP contribution < -0.4 is 10.4 Å². The summed E-state index contributed by atoms with van der Waals surface area (Å²) >= 11 is 0. The minimum Gasteiger partial charge on any atom is -0.466 e. The molecule has 0 aliphatic rings. The maximum absolute atomic E-state index is 13.1. The highest BCUT2D eigenvalue weighted by Gasteiger charge is 2.51. The summed E-state index contributed by atoms with van der Waals surface area (Å²) in [5.74, 6) is -0.818. The van der Waals surface area contributed by atoms with Crippen LogP contribution in [0, 0.1) is 17.8 Å². The van der Waals surface area contributed by atoms with Gasteiger partial charge in [0.25, 0.3) is 8.32 Å². The van der Waals surface area contributed by atoms with Crippen molar-refractivity contribution in [2.24, 2.45) is 17.8 Å². The second-order valence-electron chi connectivity index (χ2n) is 10.8. The highest BCUT2D eigenvalue weighted by molar-refractivity contribution is 6.99. The third kappa shape index (κ3) is 7.27. The van der Waals surface area contributed by atoms with Crippen LogP contribution >= 0.6 is 0 Å². The van der Waals surface area contributed by atoms with Crippen LogP contribution in [0.2, 0.25) is 5.04 Å². The number of hydrogen-bond acceptors (Lipinski definition) is 4. The Morgan fingerprint density at radius 2 is 1.50 bits per heavy atom. The Morgan fingerprint density at radius 1 is 0.972 bits per heavy atom. The zero-order chi connectivity index (χ0) is 26.8. The molecule has 2 atom stereocenters. The van der Waals surface area contributed by atoms with E-state index in [1.165, 1.54) is 10.4 Å². The van der Waals surface area contributed by atoms with Gasteiger partial charge < -0.3 is 9.16 Å². The average molecular weight is 509 g/mol. The molecule has 36 heavy (non-hydrogen) atoms. The average Bonchev–Trinajstić information content (AvgIpc) is 2.84. The zero-order valence-electron chi connectivity index (χ0n) is 23.0. The van der Waals surface area contributed by atoms with Crippen molar-refractivity contribution in [1.82, 2.24) is 0 Å². The Balaban J connectivity index is 2.53. The molecule has 0 fully saturated rings. The molecule has 0 heterocycles. The minimum absolute atomic E-state index is 0.0593. The summed E-state index contributed by atoms with van der Waals surface area (Å²) in [5.41, 5.74) is 0. The third-order valence-electron chi connectivity index (χ3n) is 6.95. The molecule has 0 N–H and O–H groups in total. The van der Waals surface area contributed by atoms with Crippen molar-refractivity contribution in [2.75, 3.05) is 13.2 Å². The fraction of sp³-hybridized carbons (Fsp3) is 0.484. The summed E-state index contributed by atoms with van der Waals surface area (Å²) in [6.07, 6.45) is 2.90. The molecule has 0 amide bonds. The number of allylic oxidation sites excluding steroid dienone is 1. The fourth-order valence-electron chi connectivity index (χ4n) is 5.03. The molecule has 0 radical (unpaired) electrons. The van der Waals surface area contributed by atoms with Crippen LogP contribution in [0.15, 0.2) is 73.3 Å². The molecule has 0 aliphatic carbocycles. The van der Waals surface area contributed by atoms with E-state index in [2.05, 4.69) is 89.7 Å². The molecule has 0 aliphatic heterocycles. The topological polar surface area (TPSA) is 52.6 Å². The molecule has 0 aromatic heterocycles. The van der Waals surface area contributed by atoms with E-state index in [9.17, 15) is 9.59 Å². The van der Waals surface area contributed by atoms with E-state index in [4.69, 9.17) is 9.16 Å². The first-order valence-electron chi connectivity index (χ1n) is 13.1. The summed E-state index contributed by atoms with van der Waals surface area (Å²) in [4.78, 5) is 25.9. The fourth-order valence-corrected chi connectivity index (χ4v) is 9.62. The SMILES string of the molecule is C=CCCC(=O)C[C@H](C(=O)OCC)[C@H](CO[Si](c1ccccc1)(c1ccccc1)C(C)(C)C)C(C)C. The Kier molecular flexibility index (Phi) is 11.3. The van der Waals surface area contributed by atoms with Gasteiger partial charge in [-0.1, -0.05) is 101 Å². The van der Waals surface area contributed by atoms with Gasteiger partial charge in [-0.2, -0.15) is 0 Å². The summed E-state index contributed by atoms with van der Waals surface area (Å²) in [6, 6.07) is 21.0. The van der Waals surface area contributed by atoms with Crippen LogP contribution in [-0.4, -0.2) is 33.3 Å². The first-order chi connectivity index (χ1) is 17.1. The first kappa shape index (κ1) is 29.7. The Bertz CT molecular complexity index is 924. The van der Waals surface area contributed by atoms with Crippen molar-refractivity contribution in [3.63, 3.8) is 0 Å². The molecule has 5 heteroatoms. The third-order valence-corrected chi connectivity index (χ3v) is 12.0. The van der Waals surface area contributed by atoms with Crippen LogP contribution in [0.25, 0.3) is 0 Å². The zero-order valence-corrected chi connectivity index (χ0v) is 24.0. The summed E-state index contributed by atoms with van der Waals surface area (Å²) in [6.45, 7) is 17.1. The van der Waals surface area contributed by atoms with Crippen LogP contribution in [-0.2, 0) is 18.8 Å². The van der Waals surface area contributed by atoms with Crippen LogP contribution in [0.5, 0.6) is 0 Å². The second-order valence-corrected chi connectivity index (χ2v) is 15.1. The molecular weight excluding hydrogens is 464 g/mol. The van der Waals surface area contributed by atoms with Gasteiger partial charge >= 0.3 is 5.97 Å². The number of rotatable bonds is 14. The number of ether oxygens (including phenoxy) is 1. The largest absolute Gasteiger partial charge is 0.466 e. The highest BCUT2D eigenvalue weighted by Crippen LogP contribution is 2.38. The normalized spacial score (nSPS) is 13.8. The lowest BCUT2D eigenvalue weighted by Crippen LogP contribution is -2.67. The molecule has 2 aromatic carbocycles. The van der Waals surface area contributed by atoms with E-state index < -0.39 is 14.2 Å². The van der Waals surface area contributed by atoms with E-state index >= 15 is 0 Å². The van der Waals surface area contributed by atoms with Crippen LogP contribution in [0.4, 0.5) is 0 Å². The minimum atomic E-state index is -2.77. The summed E-state index contributed by atoms with van der Waals surface area (Å²) in [7, 11) is -2.77. The van der Waals surface area contributed by atoms with Gasteiger partial charge in [0.15, 0.2) is 0 Å². The molecule has 4 nitrogen and oxygen atoms in total. The van der Waals surface area contributed by atoms with E-state index in [1.807, 2.05) is 12.1 Å². The predicted octanol–water partition coefficient (Wildman–Crippen LogP) is 5.94. The number of benzene rings is 2. The van der Waals surface area contributed by atoms with Crippen molar-refractivity contribution in [3.8, 4) is 0 Å². The molecule has 196 valence electrons. The van der Waals surface area contributed by atoms with Gasteiger partial charge in [-0.25, -0.2) is 0 Å². The van der Waals surface area contributed by atoms with Crippen molar-refractivity contribution < 1.29 is 18.8 Å². The van der Waals surface area contributed by atoms with Crippen LogP contribution in [0.3, 0.4) is 0 Å². The number of ketones is 1. The van der Waals surface area contributed by atoms with Gasteiger partial charge in [0, 0.05) is 19.4 Å². The van der Waals surface area contributed by atoms with E-state index in [1.54, 1.807) is 13.0 Å². The number of esters is 1. The molecular formula is C31H44O4Si. The lowest BCUT2D eigenvalue weighted by molar-refractivity contribution is -0.153. The maximum Gasteiger partial charge on any atom is 0.309 e.